The summed E-state index contributed by atoms with van der Waals surface area (Å²) in [7, 11) is 0. The molecule has 1 aromatic carbocycles. The predicted octanol–water partition coefficient (Wildman–Crippen LogP) is 6.00. The molecule has 0 saturated carbocycles. The van der Waals surface area contributed by atoms with Gasteiger partial charge in [-0.05, 0) is 66.5 Å². The van der Waals surface area contributed by atoms with Gasteiger partial charge in [-0.1, -0.05) is 45.9 Å². The fourth-order valence-electron chi connectivity index (χ4n) is 4.70. The van der Waals surface area contributed by atoms with Crippen LogP contribution in [0.2, 0.25) is 0 Å². The van der Waals surface area contributed by atoms with Gasteiger partial charge in [0.2, 0.25) is 0 Å². The second kappa shape index (κ2) is 10.9. The molecule has 6 nitrogen and oxygen atoms in total. The molecule has 0 N–H and O–H groups in total. The molecule has 0 spiro atoms. The molecule has 0 atom stereocenters. The standard InChI is InChI=1S/C29H34N2O4/c1-19(2)16-31(17-20(3)4)26(32)18-35-29(33)27-23-11-5-6-13-25(23)30-28-21(9-7-12-24(27)28)15-22-10-8-14-34-22/h5-6,8,10-11,13-15,19-20H,7,9,12,16-18H2,1-4H3. The van der Waals surface area contributed by atoms with E-state index in [-0.39, 0.29) is 12.5 Å². The largest absolute Gasteiger partial charge is 0.465 e. The molecule has 184 valence electrons. The minimum atomic E-state index is -0.471. The van der Waals surface area contributed by atoms with Gasteiger partial charge in [0, 0.05) is 18.5 Å². The fourth-order valence-corrected chi connectivity index (χ4v) is 4.70. The number of carbonyl (C=O) groups is 2. The predicted molar refractivity (Wildman–Crippen MR) is 138 cm³/mol. The van der Waals surface area contributed by atoms with E-state index in [4.69, 9.17) is 14.1 Å². The normalized spacial score (nSPS) is 14.5. The first kappa shape index (κ1) is 24.7. The average Bonchev–Trinajstić information content (AvgIpc) is 3.33. The monoisotopic (exact) mass is 474 g/mol. The topological polar surface area (TPSA) is 72.6 Å². The maximum atomic E-state index is 13.5. The number of ether oxygens (including phenoxy) is 1. The van der Waals surface area contributed by atoms with E-state index in [1.54, 1.807) is 11.2 Å². The van der Waals surface area contributed by atoms with Crippen LogP contribution in [0, 0.1) is 11.8 Å². The van der Waals surface area contributed by atoms with E-state index >= 15 is 0 Å². The number of hydrogen-bond acceptors (Lipinski definition) is 5. The summed E-state index contributed by atoms with van der Waals surface area (Å²) in [5, 5.41) is 0.754. The molecule has 3 aromatic rings. The van der Waals surface area contributed by atoms with E-state index in [0.717, 1.165) is 52.8 Å². The molecule has 1 aliphatic rings. The van der Waals surface area contributed by atoms with Gasteiger partial charge in [0.25, 0.3) is 5.91 Å². The van der Waals surface area contributed by atoms with Crippen molar-refractivity contribution in [2.24, 2.45) is 11.8 Å². The second-order valence-corrected chi connectivity index (χ2v) is 10.0. The second-order valence-electron chi connectivity index (χ2n) is 10.0. The molecule has 0 fully saturated rings. The molecule has 0 radical (unpaired) electrons. The van der Waals surface area contributed by atoms with Crippen molar-refractivity contribution in [3.63, 3.8) is 0 Å². The van der Waals surface area contributed by atoms with Gasteiger partial charge in [0.05, 0.1) is 23.0 Å². The summed E-state index contributed by atoms with van der Waals surface area (Å²) in [5.41, 5.74) is 3.98. The Morgan fingerprint density at radius 2 is 1.80 bits per heavy atom. The smallest absolute Gasteiger partial charge is 0.339 e. The van der Waals surface area contributed by atoms with Crippen molar-refractivity contribution in [2.75, 3.05) is 19.7 Å². The Kier molecular flexibility index (Phi) is 7.69. The molecule has 0 unspecified atom stereocenters. The van der Waals surface area contributed by atoms with Crippen molar-refractivity contribution in [1.29, 1.82) is 0 Å². The number of aromatic nitrogens is 1. The lowest BCUT2D eigenvalue weighted by molar-refractivity contribution is -0.135. The van der Waals surface area contributed by atoms with Crippen molar-refractivity contribution in [3.05, 3.63) is 65.2 Å². The Balaban J connectivity index is 1.66. The van der Waals surface area contributed by atoms with Crippen LogP contribution in [0.25, 0.3) is 22.6 Å². The van der Waals surface area contributed by atoms with Gasteiger partial charge in [-0.25, -0.2) is 9.78 Å². The summed E-state index contributed by atoms with van der Waals surface area (Å²) in [4.78, 5) is 33.1. The number of rotatable bonds is 8. The maximum absolute atomic E-state index is 13.5. The van der Waals surface area contributed by atoms with Gasteiger partial charge in [0.1, 0.15) is 5.76 Å². The number of benzene rings is 1. The van der Waals surface area contributed by atoms with Gasteiger partial charge in [0.15, 0.2) is 6.61 Å². The lowest BCUT2D eigenvalue weighted by Crippen LogP contribution is -2.39. The minimum absolute atomic E-state index is 0.161. The van der Waals surface area contributed by atoms with Crippen molar-refractivity contribution >= 4 is 34.4 Å². The number of carbonyl (C=O) groups excluding carboxylic acids is 2. The van der Waals surface area contributed by atoms with E-state index in [2.05, 4.69) is 27.7 Å². The minimum Gasteiger partial charge on any atom is -0.465 e. The zero-order valence-corrected chi connectivity index (χ0v) is 21.0. The fraction of sp³-hybridized carbons (Fsp3) is 0.414. The van der Waals surface area contributed by atoms with Gasteiger partial charge in [-0.3, -0.25) is 4.79 Å². The Morgan fingerprint density at radius 3 is 2.49 bits per heavy atom. The van der Waals surface area contributed by atoms with Crippen LogP contribution in [-0.4, -0.2) is 41.5 Å². The van der Waals surface area contributed by atoms with Gasteiger partial charge in [-0.15, -0.1) is 0 Å². The number of amides is 1. The average molecular weight is 475 g/mol. The molecule has 0 saturated heterocycles. The number of allylic oxidation sites excluding steroid dienone is 1. The number of para-hydroxylation sites is 1. The first-order valence-corrected chi connectivity index (χ1v) is 12.4. The van der Waals surface area contributed by atoms with Crippen LogP contribution in [0.15, 0.2) is 47.1 Å². The quantitative estimate of drug-likeness (QED) is 0.374. The number of fused-ring (bicyclic) bond motifs is 2. The Morgan fingerprint density at radius 1 is 1.06 bits per heavy atom. The molecule has 2 aromatic heterocycles. The van der Waals surface area contributed by atoms with Crippen LogP contribution >= 0.6 is 0 Å². The molecule has 2 heterocycles. The number of hydrogen-bond donors (Lipinski definition) is 0. The van der Waals surface area contributed by atoms with Gasteiger partial charge in [-0.2, -0.15) is 0 Å². The number of pyridine rings is 1. The Bertz CT molecular complexity index is 1210. The molecule has 0 aliphatic heterocycles. The van der Waals surface area contributed by atoms with Crippen LogP contribution in [0.4, 0.5) is 0 Å². The Hall–Kier alpha value is -3.41. The third-order valence-corrected chi connectivity index (χ3v) is 6.08. The van der Waals surface area contributed by atoms with E-state index in [1.165, 1.54) is 0 Å². The van der Waals surface area contributed by atoms with Crippen LogP contribution in [0.3, 0.4) is 0 Å². The first-order chi connectivity index (χ1) is 16.8. The molecule has 4 rings (SSSR count). The molecular weight excluding hydrogens is 440 g/mol. The summed E-state index contributed by atoms with van der Waals surface area (Å²) in [6.07, 6.45) is 6.12. The summed E-state index contributed by atoms with van der Waals surface area (Å²) < 4.78 is 11.2. The van der Waals surface area contributed by atoms with Crippen molar-refractivity contribution in [1.82, 2.24) is 9.88 Å². The van der Waals surface area contributed by atoms with Crippen molar-refractivity contribution in [3.8, 4) is 0 Å². The summed E-state index contributed by atoms with van der Waals surface area (Å²) in [6, 6.07) is 11.4. The third kappa shape index (κ3) is 5.81. The van der Waals surface area contributed by atoms with Gasteiger partial charge < -0.3 is 14.1 Å². The highest BCUT2D eigenvalue weighted by Gasteiger charge is 2.27. The lowest BCUT2D eigenvalue weighted by Gasteiger charge is -2.26. The molecular formula is C29H34N2O4. The van der Waals surface area contributed by atoms with E-state index in [0.29, 0.717) is 30.5 Å². The summed E-state index contributed by atoms with van der Waals surface area (Å²) in [5.74, 6) is 0.800. The van der Waals surface area contributed by atoms with Crippen LogP contribution in [0.1, 0.15) is 67.9 Å². The summed E-state index contributed by atoms with van der Waals surface area (Å²) in [6.45, 7) is 9.34. The molecule has 1 amide bonds. The zero-order valence-electron chi connectivity index (χ0n) is 21.0. The first-order valence-electron chi connectivity index (χ1n) is 12.4. The van der Waals surface area contributed by atoms with Gasteiger partial charge >= 0.3 is 5.97 Å². The number of furan rings is 1. The highest BCUT2D eigenvalue weighted by atomic mass is 16.5. The SMILES string of the molecule is CC(C)CN(CC(C)C)C(=O)COC(=O)c1c2c(nc3ccccc13)C(=Cc1ccco1)CCC2. The van der Waals surface area contributed by atoms with E-state index in [9.17, 15) is 9.59 Å². The third-order valence-electron chi connectivity index (χ3n) is 6.08. The summed E-state index contributed by atoms with van der Waals surface area (Å²) >= 11 is 0. The maximum Gasteiger partial charge on any atom is 0.339 e. The molecule has 0 bridgehead atoms. The lowest BCUT2D eigenvalue weighted by atomic mass is 9.86. The highest BCUT2D eigenvalue weighted by molar-refractivity contribution is 6.07. The van der Waals surface area contributed by atoms with Crippen LogP contribution in [0.5, 0.6) is 0 Å². The highest BCUT2D eigenvalue weighted by Crippen LogP contribution is 2.36. The molecule has 1 aliphatic carbocycles. The van der Waals surface area contributed by atoms with E-state index < -0.39 is 5.97 Å². The van der Waals surface area contributed by atoms with E-state index in [1.807, 2.05) is 42.5 Å². The molecule has 6 heteroatoms. The number of nitrogens with zero attached hydrogens (tertiary/aromatic N) is 2. The zero-order chi connectivity index (χ0) is 24.9. The van der Waals surface area contributed by atoms with Crippen LogP contribution in [-0.2, 0) is 16.0 Å². The van der Waals surface area contributed by atoms with Crippen LogP contribution < -0.4 is 0 Å². The van der Waals surface area contributed by atoms with Crippen molar-refractivity contribution in [2.45, 2.75) is 47.0 Å². The molecule has 35 heavy (non-hydrogen) atoms. The number of esters is 1. The van der Waals surface area contributed by atoms with Crippen molar-refractivity contribution < 1.29 is 18.7 Å². The Labute approximate surface area is 207 Å².